The molecule has 0 aliphatic heterocycles. The first-order valence-corrected chi connectivity index (χ1v) is 22.6. The molecule has 5 heterocycles. The number of carboxylic acids is 1. The normalized spacial score (nSPS) is 11.4. The topological polar surface area (TPSA) is 317 Å². The zero-order chi connectivity index (χ0) is 50.3. The van der Waals surface area contributed by atoms with Gasteiger partial charge in [-0.2, -0.15) is 36.7 Å². The molecule has 7 rings (SSSR count). The van der Waals surface area contributed by atoms with Crippen LogP contribution in [0.4, 0.5) is 35.4 Å². The molecule has 0 unspecified atom stereocenters. The van der Waals surface area contributed by atoms with Crippen molar-refractivity contribution in [3.63, 3.8) is 0 Å². The van der Waals surface area contributed by atoms with Crippen LogP contribution in [-0.2, 0) is 30.8 Å². The van der Waals surface area contributed by atoms with Gasteiger partial charge in [0, 0.05) is 17.8 Å². The average molecular weight is 1050 g/mol. The van der Waals surface area contributed by atoms with Crippen molar-refractivity contribution in [3.05, 3.63) is 110 Å². The number of sulfonamides is 1. The van der Waals surface area contributed by atoms with E-state index in [1.54, 1.807) is 41.3 Å². The lowest BCUT2D eigenvalue weighted by Gasteiger charge is -2.12. The zero-order valence-electron chi connectivity index (χ0n) is 34.6. The smallest absolute Gasteiger partial charge is 0.416 e. The second kappa shape index (κ2) is 21.1. The molecule has 0 atom stereocenters. The van der Waals surface area contributed by atoms with Crippen molar-refractivity contribution in [1.82, 2.24) is 38.8 Å². The summed E-state index contributed by atoms with van der Waals surface area (Å²) in [4.78, 5) is 48.4. The number of aliphatic carboxylic acids is 1. The maximum atomic E-state index is 13.0. The SMILES string of the molecule is CCS(=O)(=O)c1nc2ccccn2c1S(=O)(=O)NC(=O)Nc1nc(OC)cc(OC)n1.Nc1c([N+](=O)[O-])cnn1-c1c(Cl)cc(C(F)(F)F)cc1Cl.O=C(O)COc1ccc(Cl)c2cccnc12. The van der Waals surface area contributed by atoms with Crippen LogP contribution in [0, 0.1) is 10.1 Å². The Labute approximate surface area is 395 Å². The molecule has 5 N–H and O–H groups in total. The van der Waals surface area contributed by atoms with Crippen LogP contribution in [0.2, 0.25) is 15.1 Å². The average Bonchev–Trinajstić information content (AvgIpc) is 3.88. The Kier molecular flexibility index (Phi) is 16.1. The van der Waals surface area contributed by atoms with Gasteiger partial charge in [-0.1, -0.05) is 47.8 Å². The molecule has 31 heteroatoms. The molecule has 0 saturated heterocycles. The van der Waals surface area contributed by atoms with E-state index in [9.17, 15) is 49.7 Å². The number of nitrogens with one attached hydrogen (secondary N) is 2. The fourth-order valence-corrected chi connectivity index (χ4v) is 8.99. The molecule has 7 aromatic rings. The van der Waals surface area contributed by atoms with Crippen LogP contribution in [-0.4, -0.2) is 99.6 Å². The van der Waals surface area contributed by atoms with Gasteiger partial charge in [-0.15, -0.1) is 0 Å². The van der Waals surface area contributed by atoms with Gasteiger partial charge >= 0.3 is 23.9 Å². The van der Waals surface area contributed by atoms with E-state index in [2.05, 4.69) is 30.4 Å². The molecule has 0 bridgehead atoms. The van der Waals surface area contributed by atoms with E-state index in [-0.39, 0.29) is 44.8 Å². The number of nitrogens with two attached hydrogens (primary N) is 1. The lowest BCUT2D eigenvalue weighted by molar-refractivity contribution is -0.383. The first-order valence-electron chi connectivity index (χ1n) is 18.3. The van der Waals surface area contributed by atoms with Gasteiger partial charge in [-0.3, -0.25) is 24.8 Å². The first kappa shape index (κ1) is 51.7. The number of amides is 2. The van der Waals surface area contributed by atoms with Gasteiger partial charge in [0.2, 0.25) is 23.5 Å². The molecular formula is C37H31Cl3F3N11O12S2. The number of sulfone groups is 1. The third kappa shape index (κ3) is 12.0. The van der Waals surface area contributed by atoms with Crippen molar-refractivity contribution >= 4 is 101 Å². The van der Waals surface area contributed by atoms with Crippen LogP contribution in [0.25, 0.3) is 22.2 Å². The summed E-state index contributed by atoms with van der Waals surface area (Å²) in [6.45, 7) is 0.955. The predicted octanol–water partition coefficient (Wildman–Crippen LogP) is 6.49. The number of halogens is 6. The summed E-state index contributed by atoms with van der Waals surface area (Å²) in [6.07, 6.45) is -0.862. The quantitative estimate of drug-likeness (QED) is 0.0751. The van der Waals surface area contributed by atoms with Gasteiger partial charge in [-0.05, 0) is 48.5 Å². The molecule has 23 nitrogen and oxygen atoms in total. The van der Waals surface area contributed by atoms with Crippen molar-refractivity contribution < 1.29 is 63.8 Å². The number of methoxy groups -OCH3 is 2. The van der Waals surface area contributed by atoms with Crippen molar-refractivity contribution in [1.29, 1.82) is 0 Å². The lowest BCUT2D eigenvalue weighted by atomic mass is 10.2. The van der Waals surface area contributed by atoms with Gasteiger partial charge in [0.15, 0.2) is 26.5 Å². The third-order valence-corrected chi connectivity index (χ3v) is 12.5. The highest BCUT2D eigenvalue weighted by molar-refractivity contribution is 7.93. The number of hydrogen-bond donors (Lipinski definition) is 4. The summed E-state index contributed by atoms with van der Waals surface area (Å²) in [5.41, 5.74) is 4.43. The summed E-state index contributed by atoms with van der Waals surface area (Å²) in [5, 5.41) is 24.1. The molecular weight excluding hydrogens is 1020 g/mol. The van der Waals surface area contributed by atoms with Gasteiger partial charge in [0.1, 0.15) is 28.8 Å². The number of benzene rings is 2. The summed E-state index contributed by atoms with van der Waals surface area (Å²) in [5.74, 6) is -1.58. The largest absolute Gasteiger partial charge is 0.481 e. The van der Waals surface area contributed by atoms with Gasteiger partial charge in [0.25, 0.3) is 10.0 Å². The molecule has 0 radical (unpaired) electrons. The molecule has 0 fully saturated rings. The number of anilines is 2. The Morgan fingerprint density at radius 2 is 1.59 bits per heavy atom. The fourth-order valence-electron chi connectivity index (χ4n) is 5.47. The third-order valence-electron chi connectivity index (χ3n) is 8.50. The lowest BCUT2D eigenvalue weighted by Crippen LogP contribution is -2.36. The van der Waals surface area contributed by atoms with E-state index in [0.29, 0.717) is 28.4 Å². The fraction of sp³-hybridized carbons (Fsp3) is 0.162. The number of urea groups is 1. The number of ether oxygens (including phenoxy) is 3. The second-order valence-corrected chi connectivity index (χ2v) is 17.9. The van der Waals surface area contributed by atoms with Crippen molar-refractivity contribution in [2.45, 2.75) is 23.2 Å². The number of hydrogen-bond acceptors (Lipinski definition) is 17. The maximum Gasteiger partial charge on any atom is 0.416 e. The summed E-state index contributed by atoms with van der Waals surface area (Å²) in [7, 11) is -6.04. The summed E-state index contributed by atoms with van der Waals surface area (Å²) >= 11 is 17.5. The van der Waals surface area contributed by atoms with E-state index in [1.165, 1.54) is 45.5 Å². The number of nitrogens with zero attached hydrogens (tertiary/aromatic N) is 8. The molecule has 5 aromatic heterocycles. The van der Waals surface area contributed by atoms with Crippen molar-refractivity contribution in [3.8, 4) is 23.2 Å². The molecule has 0 saturated carbocycles. The monoisotopic (exact) mass is 1050 g/mol. The number of pyridine rings is 2. The van der Waals surface area contributed by atoms with E-state index >= 15 is 0 Å². The highest BCUT2D eigenvalue weighted by Gasteiger charge is 2.34. The first-order chi connectivity index (χ1) is 31.9. The number of carboxylic acid groups (broad SMARTS) is 1. The van der Waals surface area contributed by atoms with Gasteiger partial charge < -0.3 is 25.1 Å². The number of alkyl halides is 3. The molecule has 68 heavy (non-hydrogen) atoms. The minimum Gasteiger partial charge on any atom is -0.481 e. The number of carbonyl (C=O) groups excluding carboxylic acids is 1. The zero-order valence-corrected chi connectivity index (χ0v) is 38.5. The van der Waals surface area contributed by atoms with Crippen LogP contribution in [0.3, 0.4) is 0 Å². The summed E-state index contributed by atoms with van der Waals surface area (Å²) in [6, 6.07) is 12.7. The highest BCUT2D eigenvalue weighted by atomic mass is 35.5. The Morgan fingerprint density at radius 1 is 0.941 bits per heavy atom. The number of nitrogen functional groups attached to an aromatic ring is 1. The van der Waals surface area contributed by atoms with Crippen LogP contribution in [0.1, 0.15) is 12.5 Å². The minimum atomic E-state index is -4.68. The second-order valence-electron chi connectivity index (χ2n) is 12.9. The van der Waals surface area contributed by atoms with E-state index in [4.69, 9.17) is 59.9 Å². The van der Waals surface area contributed by atoms with Crippen molar-refractivity contribution in [2.24, 2.45) is 0 Å². The van der Waals surface area contributed by atoms with Crippen LogP contribution < -0.4 is 30.0 Å². The molecule has 2 amide bonds. The number of rotatable bonds is 12. The van der Waals surface area contributed by atoms with Gasteiger partial charge in [-0.25, -0.2) is 32.4 Å². The Bertz CT molecular complexity index is 3240. The Balaban J connectivity index is 0.000000202. The van der Waals surface area contributed by atoms with Crippen molar-refractivity contribution in [2.75, 3.05) is 37.6 Å². The molecule has 0 spiro atoms. The number of carbonyl (C=O) groups is 2. The summed E-state index contributed by atoms with van der Waals surface area (Å²) < 4.78 is 107. The van der Waals surface area contributed by atoms with Gasteiger partial charge in [0.05, 0.1) is 51.6 Å². The van der Waals surface area contributed by atoms with Crippen LogP contribution in [0.15, 0.2) is 89.3 Å². The molecule has 0 aliphatic carbocycles. The maximum absolute atomic E-state index is 13.0. The standard InChI is InChI=1S/C16H18N6O7S2.C11H8ClNO3.C10H5Cl2F3N4O2/c1-4-30(24,25)13-14(22-8-6-5-7-10(22)17-13)31(26,27)21-16(23)20-15-18-11(28-2)9-12(19-15)29-3;12-8-3-4-9(16-6-10(14)15)11-7(8)2-1-5-13-11;11-5-1-4(10(13,14)15)2-6(12)8(5)18-9(16)7(3-17-18)19(20)21/h5-9H,4H2,1-3H3,(H2,18,19,20,21,23);1-5H,6H2,(H,14,15);1-3H,16H2. The number of imidazole rings is 1. The Morgan fingerprint density at radius 3 is 2.15 bits per heavy atom. The molecule has 360 valence electrons. The minimum absolute atomic E-state index is 0.0584. The van der Waals surface area contributed by atoms with E-state index < -0.39 is 76.7 Å². The number of nitro groups is 1. The number of aromatic nitrogens is 7. The highest BCUT2D eigenvalue weighted by Crippen LogP contribution is 2.39. The molecule has 0 aliphatic rings. The number of fused-ring (bicyclic) bond motifs is 2. The Hall–Kier alpha value is -7.27. The molecule has 2 aromatic carbocycles. The van der Waals surface area contributed by atoms with E-state index in [0.717, 1.165) is 20.7 Å². The van der Waals surface area contributed by atoms with Crippen LogP contribution in [0.5, 0.6) is 17.5 Å². The van der Waals surface area contributed by atoms with Crippen LogP contribution >= 0.6 is 34.8 Å². The van der Waals surface area contributed by atoms with E-state index in [1.807, 2.05) is 0 Å². The predicted molar refractivity (Wildman–Crippen MR) is 237 cm³/mol.